The Hall–Kier alpha value is -1.67. The minimum Gasteiger partial charge on any atom is -0.355 e. The second-order valence-corrected chi connectivity index (χ2v) is 5.69. The van der Waals surface area contributed by atoms with E-state index >= 15 is 0 Å². The molecule has 0 saturated heterocycles. The van der Waals surface area contributed by atoms with Gasteiger partial charge in [-0.1, -0.05) is 0 Å². The zero-order valence-corrected chi connectivity index (χ0v) is 11.9. The number of nitrogens with zero attached hydrogens (tertiary/aromatic N) is 4. The fourth-order valence-electron chi connectivity index (χ4n) is 1.91. The molecule has 1 atom stereocenters. The van der Waals surface area contributed by atoms with Gasteiger partial charge in [-0.3, -0.25) is 0 Å². The molecule has 0 aliphatic carbocycles. The molecule has 2 aromatic rings. The predicted molar refractivity (Wildman–Crippen MR) is 75.0 cm³/mol. The number of rotatable bonds is 3. The van der Waals surface area contributed by atoms with Gasteiger partial charge in [-0.25, -0.2) is 9.97 Å². The lowest BCUT2D eigenvalue weighted by molar-refractivity contribution is 0.696. The van der Waals surface area contributed by atoms with Crippen LogP contribution in [0.4, 0.5) is 5.82 Å². The number of nitriles is 1. The van der Waals surface area contributed by atoms with E-state index in [0.29, 0.717) is 6.42 Å². The van der Waals surface area contributed by atoms with Gasteiger partial charge >= 0.3 is 0 Å². The van der Waals surface area contributed by atoms with Gasteiger partial charge in [0.15, 0.2) is 0 Å². The fourth-order valence-corrected chi connectivity index (χ4v) is 2.90. The second kappa shape index (κ2) is 4.91. The van der Waals surface area contributed by atoms with Crippen molar-refractivity contribution in [2.24, 2.45) is 0 Å². The van der Waals surface area contributed by atoms with Gasteiger partial charge in [0, 0.05) is 18.0 Å². The lowest BCUT2D eigenvalue weighted by Gasteiger charge is -2.24. The molecule has 0 bridgehead atoms. The lowest BCUT2D eigenvalue weighted by Crippen LogP contribution is -2.29. The van der Waals surface area contributed by atoms with E-state index in [-0.39, 0.29) is 6.04 Å². The standard InChI is InChI=1S/C13H16N4S/c1-8(5-6-14)17(4)12-11-9(2)10(3)18-13(11)16-7-15-12/h7-8H,5H2,1-4H3. The van der Waals surface area contributed by atoms with Crippen molar-refractivity contribution < 1.29 is 0 Å². The molecule has 5 heteroatoms. The number of aromatic nitrogens is 2. The molecule has 0 fully saturated rings. The third-order valence-electron chi connectivity index (χ3n) is 3.33. The van der Waals surface area contributed by atoms with Crippen LogP contribution in [0.25, 0.3) is 10.2 Å². The Morgan fingerprint density at radius 2 is 2.17 bits per heavy atom. The minimum absolute atomic E-state index is 0.146. The van der Waals surface area contributed by atoms with Gasteiger partial charge in [0.1, 0.15) is 17.0 Å². The second-order valence-electron chi connectivity index (χ2n) is 4.48. The SMILES string of the molecule is Cc1sc2ncnc(N(C)C(C)CC#N)c2c1C. The maximum absolute atomic E-state index is 8.80. The van der Waals surface area contributed by atoms with Crippen LogP contribution >= 0.6 is 11.3 Å². The Morgan fingerprint density at radius 1 is 1.44 bits per heavy atom. The van der Waals surface area contributed by atoms with Crippen LogP contribution in [0.15, 0.2) is 6.33 Å². The molecule has 2 rings (SSSR count). The molecule has 0 saturated carbocycles. The number of fused-ring (bicyclic) bond motifs is 1. The molecule has 0 aliphatic rings. The third kappa shape index (κ3) is 2.04. The molecule has 1 unspecified atom stereocenters. The fraction of sp³-hybridized carbons (Fsp3) is 0.462. The highest BCUT2D eigenvalue weighted by Crippen LogP contribution is 2.34. The molecular weight excluding hydrogens is 244 g/mol. The summed E-state index contributed by atoms with van der Waals surface area (Å²) in [5.74, 6) is 0.921. The van der Waals surface area contributed by atoms with Crippen LogP contribution < -0.4 is 4.90 Å². The van der Waals surface area contributed by atoms with Crippen molar-refractivity contribution in [3.63, 3.8) is 0 Å². The molecule has 0 radical (unpaired) electrons. The maximum atomic E-state index is 8.80. The predicted octanol–water partition coefficient (Wildman–Crippen LogP) is 3.05. The summed E-state index contributed by atoms with van der Waals surface area (Å²) in [6, 6.07) is 2.35. The van der Waals surface area contributed by atoms with Crippen molar-refractivity contribution in [3.05, 3.63) is 16.8 Å². The van der Waals surface area contributed by atoms with E-state index < -0.39 is 0 Å². The Morgan fingerprint density at radius 3 is 2.83 bits per heavy atom. The van der Waals surface area contributed by atoms with E-state index in [1.54, 1.807) is 17.7 Å². The quantitative estimate of drug-likeness (QED) is 0.851. The molecule has 18 heavy (non-hydrogen) atoms. The average molecular weight is 260 g/mol. The van der Waals surface area contributed by atoms with Crippen LogP contribution in [-0.2, 0) is 0 Å². The summed E-state index contributed by atoms with van der Waals surface area (Å²) in [5.41, 5.74) is 1.24. The molecule has 0 amide bonds. The van der Waals surface area contributed by atoms with E-state index in [4.69, 9.17) is 5.26 Å². The van der Waals surface area contributed by atoms with Gasteiger partial charge in [-0.2, -0.15) is 5.26 Å². The number of aryl methyl sites for hydroxylation is 2. The van der Waals surface area contributed by atoms with Crippen LogP contribution in [-0.4, -0.2) is 23.1 Å². The van der Waals surface area contributed by atoms with Gasteiger partial charge in [-0.15, -0.1) is 11.3 Å². The first-order valence-electron chi connectivity index (χ1n) is 5.86. The van der Waals surface area contributed by atoms with Crippen LogP contribution in [0, 0.1) is 25.2 Å². The largest absolute Gasteiger partial charge is 0.355 e. The smallest absolute Gasteiger partial charge is 0.141 e. The van der Waals surface area contributed by atoms with Crippen molar-refractivity contribution in [1.82, 2.24) is 9.97 Å². The highest BCUT2D eigenvalue weighted by molar-refractivity contribution is 7.18. The zero-order chi connectivity index (χ0) is 13.3. The average Bonchev–Trinajstić information content (AvgIpc) is 2.64. The van der Waals surface area contributed by atoms with Crippen molar-refractivity contribution >= 4 is 27.4 Å². The first-order chi connectivity index (χ1) is 8.56. The van der Waals surface area contributed by atoms with E-state index in [9.17, 15) is 0 Å². The summed E-state index contributed by atoms with van der Waals surface area (Å²) < 4.78 is 0. The summed E-state index contributed by atoms with van der Waals surface area (Å²) in [4.78, 5) is 13.1. The molecule has 0 N–H and O–H groups in total. The maximum Gasteiger partial charge on any atom is 0.141 e. The number of anilines is 1. The van der Waals surface area contributed by atoms with Crippen molar-refractivity contribution in [1.29, 1.82) is 5.26 Å². The Balaban J connectivity index is 2.54. The number of hydrogen-bond acceptors (Lipinski definition) is 5. The molecule has 94 valence electrons. The highest BCUT2D eigenvalue weighted by Gasteiger charge is 2.18. The van der Waals surface area contributed by atoms with Crippen molar-refractivity contribution in [2.75, 3.05) is 11.9 Å². The summed E-state index contributed by atoms with van der Waals surface area (Å²) in [5, 5.41) is 9.91. The van der Waals surface area contributed by atoms with Gasteiger partial charge in [-0.05, 0) is 26.3 Å². The zero-order valence-electron chi connectivity index (χ0n) is 11.1. The van der Waals surface area contributed by atoms with Crippen LogP contribution in [0.1, 0.15) is 23.8 Å². The van der Waals surface area contributed by atoms with Gasteiger partial charge in [0.25, 0.3) is 0 Å². The first-order valence-corrected chi connectivity index (χ1v) is 6.68. The van der Waals surface area contributed by atoms with Crippen LogP contribution in [0.5, 0.6) is 0 Å². The van der Waals surface area contributed by atoms with E-state index in [2.05, 4.69) is 34.8 Å². The van der Waals surface area contributed by atoms with Gasteiger partial charge in [0.05, 0.1) is 17.9 Å². The minimum atomic E-state index is 0.146. The monoisotopic (exact) mass is 260 g/mol. The van der Waals surface area contributed by atoms with Gasteiger partial charge in [0.2, 0.25) is 0 Å². The molecule has 0 aromatic carbocycles. The van der Waals surface area contributed by atoms with E-state index in [1.165, 1.54) is 10.4 Å². The highest BCUT2D eigenvalue weighted by atomic mass is 32.1. The molecule has 2 aromatic heterocycles. The summed E-state index contributed by atoms with van der Waals surface area (Å²) in [6.45, 7) is 6.24. The van der Waals surface area contributed by atoms with Crippen LogP contribution in [0.2, 0.25) is 0 Å². The molecule has 4 nitrogen and oxygen atoms in total. The normalized spacial score (nSPS) is 12.4. The summed E-state index contributed by atoms with van der Waals surface area (Å²) in [7, 11) is 1.98. The summed E-state index contributed by atoms with van der Waals surface area (Å²) >= 11 is 1.69. The van der Waals surface area contributed by atoms with Crippen molar-refractivity contribution in [3.8, 4) is 6.07 Å². The van der Waals surface area contributed by atoms with E-state index in [1.807, 2.05) is 14.0 Å². The van der Waals surface area contributed by atoms with Crippen LogP contribution in [0.3, 0.4) is 0 Å². The Bertz CT molecular complexity index is 611. The summed E-state index contributed by atoms with van der Waals surface area (Å²) in [6.07, 6.45) is 2.09. The Labute approximate surface area is 111 Å². The lowest BCUT2D eigenvalue weighted by atomic mass is 10.1. The Kier molecular flexibility index (Phi) is 3.48. The molecule has 0 spiro atoms. The molecule has 2 heterocycles. The van der Waals surface area contributed by atoms with Gasteiger partial charge < -0.3 is 4.90 Å². The molecule has 0 aliphatic heterocycles. The third-order valence-corrected chi connectivity index (χ3v) is 4.44. The van der Waals surface area contributed by atoms with Crippen molar-refractivity contribution in [2.45, 2.75) is 33.2 Å². The number of hydrogen-bond donors (Lipinski definition) is 0. The first kappa shape index (κ1) is 12.8. The molecular formula is C13H16N4S. The van der Waals surface area contributed by atoms with E-state index in [0.717, 1.165) is 16.0 Å². The topological polar surface area (TPSA) is 52.8 Å². The number of thiophene rings is 1.